The minimum Gasteiger partial charge on any atom is -0.497 e. The lowest BCUT2D eigenvalue weighted by Crippen LogP contribution is -2.43. The van der Waals surface area contributed by atoms with Gasteiger partial charge in [0.05, 0.1) is 23.4 Å². The van der Waals surface area contributed by atoms with E-state index in [1.807, 2.05) is 60.8 Å². The zero-order valence-corrected chi connectivity index (χ0v) is 14.7. The van der Waals surface area contributed by atoms with Crippen LogP contribution in [0.4, 0.5) is 11.4 Å². The molecule has 2 heterocycles. The summed E-state index contributed by atoms with van der Waals surface area (Å²) in [6.45, 7) is 1.96. The van der Waals surface area contributed by atoms with Gasteiger partial charge in [0.25, 0.3) is 5.91 Å². The van der Waals surface area contributed by atoms with Gasteiger partial charge in [-0.3, -0.25) is 9.69 Å². The van der Waals surface area contributed by atoms with Crippen molar-refractivity contribution in [2.45, 2.75) is 13.1 Å². The van der Waals surface area contributed by atoms with Gasteiger partial charge in [0, 0.05) is 16.8 Å². The number of anilines is 2. The van der Waals surface area contributed by atoms with Gasteiger partial charge in [0.2, 0.25) is 0 Å². The average Bonchev–Trinajstić information content (AvgIpc) is 3.08. The van der Waals surface area contributed by atoms with Crippen LogP contribution >= 0.6 is 11.3 Å². The smallest absolute Gasteiger partial charge is 0.262 e. The summed E-state index contributed by atoms with van der Waals surface area (Å²) in [5.74, 6) is 0.706. The fourth-order valence-corrected chi connectivity index (χ4v) is 3.61. The summed E-state index contributed by atoms with van der Waals surface area (Å²) in [5, 5.41) is 6.41. The van der Waals surface area contributed by atoms with Crippen molar-refractivity contribution in [3.8, 4) is 5.75 Å². The fraction of sp³-hybridized carbons (Fsp3) is 0.158. The van der Waals surface area contributed by atoms with Crippen LogP contribution in [0.3, 0.4) is 0 Å². The van der Waals surface area contributed by atoms with Crippen molar-refractivity contribution in [2.24, 2.45) is 0 Å². The Balaban J connectivity index is 1.82. The third-order valence-corrected chi connectivity index (χ3v) is 4.99. The Hall–Kier alpha value is -2.86. The maximum absolute atomic E-state index is 13.2. The predicted octanol–water partition coefficient (Wildman–Crippen LogP) is 4.23. The molecule has 0 spiro atoms. The number of aromatic nitrogens is 1. The molecule has 1 aliphatic rings. The first-order valence-corrected chi connectivity index (χ1v) is 8.80. The maximum Gasteiger partial charge on any atom is 0.262 e. The van der Waals surface area contributed by atoms with E-state index in [-0.39, 0.29) is 12.1 Å². The first-order valence-electron chi connectivity index (χ1n) is 7.92. The molecule has 126 valence electrons. The molecule has 3 aromatic rings. The molecule has 0 radical (unpaired) electrons. The molecule has 0 fully saturated rings. The Bertz CT molecular complexity index is 920. The molecular formula is C19H17N3O2S. The van der Waals surface area contributed by atoms with E-state index in [1.165, 1.54) is 0 Å². The lowest BCUT2D eigenvalue weighted by Gasteiger charge is -2.37. The third-order valence-electron chi connectivity index (χ3n) is 4.19. The number of nitrogens with zero attached hydrogens (tertiary/aromatic N) is 2. The minimum atomic E-state index is -0.347. The highest BCUT2D eigenvalue weighted by atomic mass is 32.1. The number of para-hydroxylation sites is 1. The molecule has 1 aromatic heterocycles. The Morgan fingerprint density at radius 3 is 2.60 bits per heavy atom. The maximum atomic E-state index is 13.2. The Labute approximate surface area is 149 Å². The van der Waals surface area contributed by atoms with E-state index in [9.17, 15) is 4.79 Å². The molecule has 2 aromatic carbocycles. The van der Waals surface area contributed by atoms with Crippen LogP contribution in [0, 0.1) is 6.92 Å². The highest BCUT2D eigenvalue weighted by Crippen LogP contribution is 2.37. The number of benzene rings is 2. The molecular weight excluding hydrogens is 334 g/mol. The average molecular weight is 351 g/mol. The molecule has 0 bridgehead atoms. The SMILES string of the molecule is COc1ccc(N2C(=O)c3ccccc3NC2c2csc(C)n2)cc1. The second-order valence-electron chi connectivity index (χ2n) is 5.76. The lowest BCUT2D eigenvalue weighted by atomic mass is 10.1. The largest absolute Gasteiger partial charge is 0.497 e. The summed E-state index contributed by atoms with van der Waals surface area (Å²) in [4.78, 5) is 19.5. The highest BCUT2D eigenvalue weighted by Gasteiger charge is 2.35. The molecule has 1 amide bonds. The standard InChI is InChI=1S/C19H17N3O2S/c1-12-20-17(11-25-12)18-21-16-6-4-3-5-15(16)19(23)22(18)13-7-9-14(24-2)10-8-13/h3-11,18,21H,1-2H3. The summed E-state index contributed by atoms with van der Waals surface area (Å²) in [7, 11) is 1.62. The number of carbonyl (C=O) groups is 1. The van der Waals surface area contributed by atoms with Gasteiger partial charge in [-0.05, 0) is 43.3 Å². The van der Waals surface area contributed by atoms with Crippen molar-refractivity contribution < 1.29 is 9.53 Å². The number of hydrogen-bond donors (Lipinski definition) is 1. The van der Waals surface area contributed by atoms with Gasteiger partial charge in [0.1, 0.15) is 5.75 Å². The number of hydrogen-bond acceptors (Lipinski definition) is 5. The van der Waals surface area contributed by atoms with E-state index in [1.54, 1.807) is 23.3 Å². The Morgan fingerprint density at radius 1 is 1.16 bits per heavy atom. The van der Waals surface area contributed by atoms with E-state index in [2.05, 4.69) is 10.3 Å². The third kappa shape index (κ3) is 2.74. The van der Waals surface area contributed by atoms with Crippen LogP contribution in [0.15, 0.2) is 53.9 Å². The molecule has 0 aliphatic carbocycles. The zero-order valence-electron chi connectivity index (χ0n) is 13.9. The second-order valence-corrected chi connectivity index (χ2v) is 6.82. The van der Waals surface area contributed by atoms with Crippen molar-refractivity contribution in [1.82, 2.24) is 4.98 Å². The summed E-state index contributed by atoms with van der Waals surface area (Å²) in [6, 6.07) is 15.0. The summed E-state index contributed by atoms with van der Waals surface area (Å²) >= 11 is 1.57. The van der Waals surface area contributed by atoms with Crippen LogP contribution in [0.1, 0.15) is 27.2 Å². The van der Waals surface area contributed by atoms with Crippen molar-refractivity contribution in [3.63, 3.8) is 0 Å². The molecule has 0 saturated heterocycles. The number of ether oxygens (including phenoxy) is 1. The van der Waals surface area contributed by atoms with Gasteiger partial charge in [-0.2, -0.15) is 0 Å². The molecule has 25 heavy (non-hydrogen) atoms. The topological polar surface area (TPSA) is 54.5 Å². The molecule has 1 aliphatic heterocycles. The van der Waals surface area contributed by atoms with Crippen LogP contribution in [0.25, 0.3) is 0 Å². The van der Waals surface area contributed by atoms with E-state index >= 15 is 0 Å². The van der Waals surface area contributed by atoms with Crippen LogP contribution < -0.4 is 15.0 Å². The lowest BCUT2D eigenvalue weighted by molar-refractivity contribution is 0.0974. The minimum absolute atomic E-state index is 0.0461. The number of aryl methyl sites for hydroxylation is 1. The quantitative estimate of drug-likeness (QED) is 0.767. The van der Waals surface area contributed by atoms with Crippen LogP contribution in [0.2, 0.25) is 0 Å². The van der Waals surface area contributed by atoms with Crippen molar-refractivity contribution >= 4 is 28.6 Å². The summed E-state index contributed by atoms with van der Waals surface area (Å²) < 4.78 is 5.22. The first kappa shape index (κ1) is 15.7. The molecule has 1 atom stereocenters. The fourth-order valence-electron chi connectivity index (χ4n) is 2.98. The van der Waals surface area contributed by atoms with Gasteiger partial charge < -0.3 is 10.1 Å². The van der Waals surface area contributed by atoms with E-state index in [4.69, 9.17) is 4.74 Å². The normalized spacial score (nSPS) is 16.3. The number of nitrogens with one attached hydrogen (secondary N) is 1. The van der Waals surface area contributed by atoms with Crippen molar-refractivity contribution in [3.05, 3.63) is 70.2 Å². The Kier molecular flexibility index (Phi) is 3.89. The zero-order chi connectivity index (χ0) is 17.4. The summed E-state index contributed by atoms with van der Waals surface area (Å²) in [5.41, 5.74) is 3.11. The monoisotopic (exact) mass is 351 g/mol. The predicted molar refractivity (Wildman–Crippen MR) is 99.5 cm³/mol. The van der Waals surface area contributed by atoms with E-state index in [0.29, 0.717) is 5.56 Å². The van der Waals surface area contributed by atoms with Gasteiger partial charge in [-0.1, -0.05) is 12.1 Å². The van der Waals surface area contributed by atoms with Crippen LogP contribution in [-0.4, -0.2) is 18.0 Å². The Morgan fingerprint density at radius 2 is 1.92 bits per heavy atom. The van der Waals surface area contributed by atoms with Crippen LogP contribution in [0.5, 0.6) is 5.75 Å². The van der Waals surface area contributed by atoms with Crippen molar-refractivity contribution in [2.75, 3.05) is 17.3 Å². The molecule has 1 unspecified atom stereocenters. The molecule has 5 nitrogen and oxygen atoms in total. The van der Waals surface area contributed by atoms with E-state index in [0.717, 1.165) is 27.8 Å². The van der Waals surface area contributed by atoms with Gasteiger partial charge in [0.15, 0.2) is 6.17 Å². The number of amides is 1. The molecule has 4 rings (SSSR count). The van der Waals surface area contributed by atoms with E-state index < -0.39 is 0 Å². The molecule has 1 N–H and O–H groups in total. The number of methoxy groups -OCH3 is 1. The highest BCUT2D eigenvalue weighted by molar-refractivity contribution is 7.09. The van der Waals surface area contributed by atoms with Crippen molar-refractivity contribution in [1.29, 1.82) is 0 Å². The number of rotatable bonds is 3. The first-order chi connectivity index (χ1) is 12.2. The number of fused-ring (bicyclic) bond motifs is 1. The molecule has 0 saturated carbocycles. The van der Waals surface area contributed by atoms with Gasteiger partial charge in [-0.15, -0.1) is 11.3 Å². The number of thiazole rings is 1. The van der Waals surface area contributed by atoms with Gasteiger partial charge >= 0.3 is 0 Å². The summed E-state index contributed by atoms with van der Waals surface area (Å²) in [6.07, 6.45) is -0.347. The number of carbonyl (C=O) groups excluding carboxylic acids is 1. The van der Waals surface area contributed by atoms with Gasteiger partial charge in [-0.25, -0.2) is 4.98 Å². The second kappa shape index (κ2) is 6.22. The molecule has 6 heteroatoms. The van der Waals surface area contributed by atoms with Crippen LogP contribution in [-0.2, 0) is 0 Å².